The molecule has 4 nitrogen and oxygen atoms in total. The zero-order valence-electron chi connectivity index (χ0n) is 6.52. The molecule has 1 heterocycles. The SMILES string of the molecule is NC1=c2c(cc(Br)cc2=C=O)NN1. The lowest BCUT2D eigenvalue weighted by molar-refractivity contribution is 0.567. The van der Waals surface area contributed by atoms with Gasteiger partial charge in [-0.25, -0.2) is 4.79 Å². The van der Waals surface area contributed by atoms with Crippen molar-refractivity contribution in [1.82, 2.24) is 5.43 Å². The Morgan fingerprint density at radius 2 is 2.15 bits per heavy atom. The van der Waals surface area contributed by atoms with E-state index in [0.717, 1.165) is 10.2 Å². The zero-order chi connectivity index (χ0) is 9.42. The van der Waals surface area contributed by atoms with Gasteiger partial charge in [-0.2, -0.15) is 0 Å². The van der Waals surface area contributed by atoms with E-state index in [0.29, 0.717) is 16.3 Å². The van der Waals surface area contributed by atoms with E-state index in [1.807, 2.05) is 12.0 Å². The number of fused-ring (bicyclic) bond motifs is 1. The molecular formula is C8H6BrN3O. The summed E-state index contributed by atoms with van der Waals surface area (Å²) in [6, 6.07) is 3.51. The van der Waals surface area contributed by atoms with Crippen molar-refractivity contribution in [3.63, 3.8) is 0 Å². The summed E-state index contributed by atoms with van der Waals surface area (Å²) in [5.41, 5.74) is 12.0. The second-order valence-corrected chi connectivity index (χ2v) is 3.56. The summed E-state index contributed by atoms with van der Waals surface area (Å²) < 4.78 is 0.814. The highest BCUT2D eigenvalue weighted by Crippen LogP contribution is 2.10. The Morgan fingerprint density at radius 3 is 2.85 bits per heavy atom. The van der Waals surface area contributed by atoms with Gasteiger partial charge in [0, 0.05) is 4.47 Å². The van der Waals surface area contributed by atoms with Crippen LogP contribution in [0.1, 0.15) is 0 Å². The Hall–Kier alpha value is -1.45. The maximum Gasteiger partial charge on any atom is 0.133 e. The predicted octanol–water partition coefficient (Wildman–Crippen LogP) is -1.09. The Kier molecular flexibility index (Phi) is 1.76. The molecule has 0 atom stereocenters. The van der Waals surface area contributed by atoms with E-state index in [1.165, 1.54) is 0 Å². The van der Waals surface area contributed by atoms with Crippen LogP contribution in [0.4, 0.5) is 5.69 Å². The van der Waals surface area contributed by atoms with E-state index in [2.05, 4.69) is 26.8 Å². The van der Waals surface area contributed by atoms with Crippen LogP contribution >= 0.6 is 15.9 Å². The number of anilines is 1. The number of halogens is 1. The van der Waals surface area contributed by atoms with Gasteiger partial charge in [0.25, 0.3) is 0 Å². The molecule has 0 aliphatic carbocycles. The molecule has 2 rings (SSSR count). The van der Waals surface area contributed by atoms with Crippen LogP contribution in [0.2, 0.25) is 0 Å². The fraction of sp³-hybridized carbons (Fsp3) is 0. The van der Waals surface area contributed by atoms with E-state index in [4.69, 9.17) is 5.73 Å². The molecule has 13 heavy (non-hydrogen) atoms. The standard InChI is InChI=1S/C8H6BrN3O/c9-5-1-4(3-13)7-6(2-5)11-12-8(7)10/h1-2,11-12H,10H2. The largest absolute Gasteiger partial charge is 0.384 e. The number of hydrogen-bond donors (Lipinski definition) is 3. The fourth-order valence-corrected chi connectivity index (χ4v) is 1.73. The molecule has 1 aliphatic rings. The van der Waals surface area contributed by atoms with Crippen LogP contribution in [0.5, 0.6) is 0 Å². The summed E-state index contributed by atoms with van der Waals surface area (Å²) >= 11 is 3.28. The number of nitrogens with two attached hydrogens (primary N) is 1. The first kappa shape index (κ1) is 8.16. The molecule has 4 N–H and O–H groups in total. The number of hydrogen-bond acceptors (Lipinski definition) is 4. The van der Waals surface area contributed by atoms with Crippen molar-refractivity contribution in [2.24, 2.45) is 5.73 Å². The van der Waals surface area contributed by atoms with E-state index in [-0.39, 0.29) is 0 Å². The average molecular weight is 240 g/mol. The molecule has 5 heteroatoms. The predicted molar refractivity (Wildman–Crippen MR) is 52.5 cm³/mol. The van der Waals surface area contributed by atoms with Crippen molar-refractivity contribution < 1.29 is 4.79 Å². The number of benzene rings is 1. The molecule has 1 aliphatic heterocycles. The Bertz CT molecular complexity index is 505. The highest BCUT2D eigenvalue weighted by atomic mass is 79.9. The lowest BCUT2D eigenvalue weighted by Crippen LogP contribution is -2.30. The van der Waals surface area contributed by atoms with Crippen LogP contribution in [-0.4, -0.2) is 5.94 Å². The van der Waals surface area contributed by atoms with Gasteiger partial charge in [-0.15, -0.1) is 0 Å². The maximum atomic E-state index is 10.6. The van der Waals surface area contributed by atoms with Gasteiger partial charge >= 0.3 is 0 Å². The van der Waals surface area contributed by atoms with Crippen LogP contribution < -0.4 is 27.0 Å². The number of hydrazine groups is 1. The Labute approximate surface area is 82.2 Å². The molecule has 0 spiro atoms. The fourth-order valence-electron chi connectivity index (χ4n) is 1.27. The molecule has 1 aromatic rings. The van der Waals surface area contributed by atoms with Gasteiger partial charge in [0.2, 0.25) is 0 Å². The van der Waals surface area contributed by atoms with Gasteiger partial charge in [0.15, 0.2) is 0 Å². The third kappa shape index (κ3) is 1.18. The first-order chi connectivity index (χ1) is 6.22. The highest BCUT2D eigenvalue weighted by Gasteiger charge is 2.09. The number of rotatable bonds is 0. The second-order valence-electron chi connectivity index (χ2n) is 2.64. The molecule has 0 saturated carbocycles. The normalized spacial score (nSPS) is 12.8. The molecule has 0 radical (unpaired) electrons. The third-order valence-corrected chi connectivity index (χ3v) is 2.27. The van der Waals surface area contributed by atoms with Crippen LogP contribution in [0.15, 0.2) is 16.6 Å². The van der Waals surface area contributed by atoms with Crippen LogP contribution in [-0.2, 0) is 4.79 Å². The summed E-state index contributed by atoms with van der Waals surface area (Å²) in [7, 11) is 0. The van der Waals surface area contributed by atoms with E-state index in [1.54, 1.807) is 6.07 Å². The van der Waals surface area contributed by atoms with Gasteiger partial charge in [-0.3, -0.25) is 10.9 Å². The van der Waals surface area contributed by atoms with Crippen molar-refractivity contribution in [2.75, 3.05) is 5.43 Å². The lowest BCUT2D eigenvalue weighted by Gasteiger charge is -1.97. The van der Waals surface area contributed by atoms with Gasteiger partial charge in [-0.1, -0.05) is 15.9 Å². The quantitative estimate of drug-likeness (QED) is 0.539. The minimum absolute atomic E-state index is 0.444. The summed E-state index contributed by atoms with van der Waals surface area (Å²) in [4.78, 5) is 10.6. The molecule has 0 fully saturated rings. The summed E-state index contributed by atoms with van der Waals surface area (Å²) in [5.74, 6) is 2.28. The number of nitrogens with one attached hydrogen (secondary N) is 2. The van der Waals surface area contributed by atoms with Crippen molar-refractivity contribution in [1.29, 1.82) is 0 Å². The Morgan fingerprint density at radius 1 is 1.38 bits per heavy atom. The van der Waals surface area contributed by atoms with Gasteiger partial charge < -0.3 is 5.73 Å². The molecule has 0 bridgehead atoms. The zero-order valence-corrected chi connectivity index (χ0v) is 8.10. The smallest absolute Gasteiger partial charge is 0.133 e. The first-order valence-electron chi connectivity index (χ1n) is 3.59. The molecule has 1 aromatic carbocycles. The molecule has 0 aromatic heterocycles. The van der Waals surface area contributed by atoms with Crippen molar-refractivity contribution in [2.45, 2.75) is 0 Å². The summed E-state index contributed by atoms with van der Waals surface area (Å²) in [5, 5.41) is 1.12. The van der Waals surface area contributed by atoms with Gasteiger partial charge in [-0.05, 0) is 12.1 Å². The van der Waals surface area contributed by atoms with E-state index in [9.17, 15) is 4.79 Å². The minimum atomic E-state index is 0.444. The minimum Gasteiger partial charge on any atom is -0.384 e. The second kappa shape index (κ2) is 2.80. The molecule has 0 amide bonds. The third-order valence-electron chi connectivity index (χ3n) is 1.81. The summed E-state index contributed by atoms with van der Waals surface area (Å²) in [6.45, 7) is 0. The first-order valence-corrected chi connectivity index (χ1v) is 4.38. The molecule has 0 unspecified atom stereocenters. The van der Waals surface area contributed by atoms with Crippen molar-refractivity contribution in [3.8, 4) is 0 Å². The summed E-state index contributed by atoms with van der Waals surface area (Å²) in [6.07, 6.45) is 0. The van der Waals surface area contributed by atoms with Crippen molar-refractivity contribution in [3.05, 3.63) is 27.0 Å². The topological polar surface area (TPSA) is 67.2 Å². The number of carbonyl (C=O) groups excluding carboxylic acids is 1. The van der Waals surface area contributed by atoms with E-state index >= 15 is 0 Å². The Balaban J connectivity index is 3.01. The van der Waals surface area contributed by atoms with Crippen LogP contribution in [0.3, 0.4) is 0 Å². The molecule has 0 saturated heterocycles. The monoisotopic (exact) mass is 239 g/mol. The van der Waals surface area contributed by atoms with Gasteiger partial charge in [0.1, 0.15) is 11.8 Å². The lowest BCUT2D eigenvalue weighted by atomic mass is 10.2. The average Bonchev–Trinajstić information content (AvgIpc) is 2.46. The highest BCUT2D eigenvalue weighted by molar-refractivity contribution is 9.10. The maximum absolute atomic E-state index is 10.6. The van der Waals surface area contributed by atoms with Crippen LogP contribution in [0, 0.1) is 0 Å². The van der Waals surface area contributed by atoms with Crippen LogP contribution in [0.25, 0.3) is 5.82 Å². The molecule has 66 valence electrons. The molecular weight excluding hydrogens is 234 g/mol. The van der Waals surface area contributed by atoms with Crippen molar-refractivity contribution >= 4 is 33.4 Å². The van der Waals surface area contributed by atoms with E-state index < -0.39 is 0 Å². The van der Waals surface area contributed by atoms with Gasteiger partial charge in [0.05, 0.1) is 16.1 Å².